The summed E-state index contributed by atoms with van der Waals surface area (Å²) in [5, 5.41) is 12.6. The highest BCUT2D eigenvalue weighted by Gasteiger charge is 2.25. The van der Waals surface area contributed by atoms with Gasteiger partial charge in [0.2, 0.25) is 0 Å². The van der Waals surface area contributed by atoms with Gasteiger partial charge in [0.25, 0.3) is 0 Å². The molecule has 2 heterocycles. The van der Waals surface area contributed by atoms with Crippen LogP contribution in [0.3, 0.4) is 0 Å². The Morgan fingerprint density at radius 3 is 2.65 bits per heavy atom. The molecule has 1 saturated heterocycles. The summed E-state index contributed by atoms with van der Waals surface area (Å²) in [6.45, 7) is 7.53. The summed E-state index contributed by atoms with van der Waals surface area (Å²) in [5.41, 5.74) is 3.54. The maximum absolute atomic E-state index is 11.1. The van der Waals surface area contributed by atoms with E-state index in [1.165, 1.54) is 11.1 Å². The zero-order valence-corrected chi connectivity index (χ0v) is 15.6. The van der Waals surface area contributed by atoms with Crippen LogP contribution in [0.15, 0.2) is 24.3 Å². The van der Waals surface area contributed by atoms with E-state index in [4.69, 9.17) is 5.11 Å². The number of benzene rings is 1. The number of para-hydroxylation sites is 1. The van der Waals surface area contributed by atoms with Gasteiger partial charge in [-0.1, -0.05) is 25.1 Å². The van der Waals surface area contributed by atoms with E-state index in [0.29, 0.717) is 31.8 Å². The highest BCUT2D eigenvalue weighted by molar-refractivity contribution is 5.70. The molecule has 1 aliphatic rings. The summed E-state index contributed by atoms with van der Waals surface area (Å²) in [7, 11) is 0. The van der Waals surface area contributed by atoms with E-state index in [2.05, 4.69) is 52.2 Å². The molecule has 6 heteroatoms. The molecule has 6 nitrogen and oxygen atoms in total. The van der Waals surface area contributed by atoms with Crippen LogP contribution >= 0.6 is 0 Å². The fourth-order valence-corrected chi connectivity index (χ4v) is 3.46. The Morgan fingerprint density at radius 2 is 2.00 bits per heavy atom. The largest absolute Gasteiger partial charge is 0.481 e. The molecule has 1 aromatic heterocycles. The number of nitrogens with zero attached hydrogens (tertiary/aromatic N) is 3. The highest BCUT2D eigenvalue weighted by atomic mass is 16.4. The van der Waals surface area contributed by atoms with E-state index in [0.717, 1.165) is 23.7 Å². The third-order valence-electron chi connectivity index (χ3n) is 4.99. The summed E-state index contributed by atoms with van der Waals surface area (Å²) in [5.74, 6) is 1.40. The van der Waals surface area contributed by atoms with Crippen molar-refractivity contribution in [1.82, 2.24) is 9.97 Å². The topological polar surface area (TPSA) is 78.4 Å². The van der Waals surface area contributed by atoms with Gasteiger partial charge in [-0.05, 0) is 44.2 Å². The lowest BCUT2D eigenvalue weighted by atomic mass is 9.97. The zero-order chi connectivity index (χ0) is 18.7. The minimum Gasteiger partial charge on any atom is -0.481 e. The summed E-state index contributed by atoms with van der Waals surface area (Å²) in [6.07, 6.45) is 2.25. The van der Waals surface area contributed by atoms with E-state index in [1.807, 2.05) is 13.0 Å². The monoisotopic (exact) mass is 354 g/mol. The summed E-state index contributed by atoms with van der Waals surface area (Å²) in [6, 6.07) is 8.25. The van der Waals surface area contributed by atoms with E-state index in [-0.39, 0.29) is 5.92 Å². The normalized spacial score (nSPS) is 15.1. The molecule has 3 rings (SSSR count). The Labute approximate surface area is 154 Å². The van der Waals surface area contributed by atoms with Crippen molar-refractivity contribution in [2.75, 3.05) is 23.3 Å². The number of nitrogens with one attached hydrogen (secondary N) is 1. The minimum absolute atomic E-state index is 0.245. The first-order valence-electron chi connectivity index (χ1n) is 9.17. The van der Waals surface area contributed by atoms with Gasteiger partial charge in [0.1, 0.15) is 17.5 Å². The Balaban J connectivity index is 1.82. The maximum atomic E-state index is 11.1. The Hall–Kier alpha value is -2.63. The van der Waals surface area contributed by atoms with Crippen LogP contribution in [0.25, 0.3) is 0 Å². The number of aromatic nitrogens is 2. The van der Waals surface area contributed by atoms with Crippen molar-refractivity contribution >= 4 is 23.3 Å². The Morgan fingerprint density at radius 1 is 1.27 bits per heavy atom. The second-order valence-corrected chi connectivity index (χ2v) is 6.85. The molecule has 26 heavy (non-hydrogen) atoms. The molecule has 1 fully saturated rings. The number of carboxylic acids is 1. The van der Waals surface area contributed by atoms with Crippen LogP contribution in [-0.4, -0.2) is 34.1 Å². The Kier molecular flexibility index (Phi) is 5.40. The van der Waals surface area contributed by atoms with Crippen LogP contribution in [-0.2, 0) is 11.2 Å². The maximum Gasteiger partial charge on any atom is 0.306 e. The van der Waals surface area contributed by atoms with Gasteiger partial charge in [-0.3, -0.25) is 4.79 Å². The summed E-state index contributed by atoms with van der Waals surface area (Å²) in [4.78, 5) is 22.4. The molecule has 2 aromatic rings. The quantitative estimate of drug-likeness (QED) is 0.852. The van der Waals surface area contributed by atoms with Crippen molar-refractivity contribution in [2.45, 2.75) is 40.0 Å². The zero-order valence-electron chi connectivity index (χ0n) is 15.6. The number of aryl methyl sites for hydroxylation is 3. The second-order valence-electron chi connectivity index (χ2n) is 6.85. The molecule has 1 aromatic carbocycles. The van der Waals surface area contributed by atoms with E-state index in [1.54, 1.807) is 0 Å². The lowest BCUT2D eigenvalue weighted by Gasteiger charge is -2.31. The molecule has 0 spiro atoms. The van der Waals surface area contributed by atoms with Crippen molar-refractivity contribution in [3.8, 4) is 0 Å². The van der Waals surface area contributed by atoms with Crippen LogP contribution in [0.1, 0.15) is 36.7 Å². The first kappa shape index (κ1) is 18.2. The summed E-state index contributed by atoms with van der Waals surface area (Å²) < 4.78 is 0. The average Bonchev–Trinajstić information content (AvgIpc) is 2.63. The van der Waals surface area contributed by atoms with Crippen molar-refractivity contribution in [3.05, 3.63) is 41.2 Å². The van der Waals surface area contributed by atoms with E-state index >= 15 is 0 Å². The molecular formula is C20H26N4O2. The number of anilines is 3. The standard InChI is InChI=1S/C20H26N4O2/c1-4-15-7-5-6-13(2)19(15)23-17-12-18(22-14(3)21-17)24-10-8-16(9-11-24)20(25)26/h5-7,12,16H,4,8-11H2,1-3H3,(H,25,26)(H,21,22,23). The molecule has 0 unspecified atom stereocenters. The smallest absolute Gasteiger partial charge is 0.306 e. The molecule has 0 aliphatic carbocycles. The summed E-state index contributed by atoms with van der Waals surface area (Å²) >= 11 is 0. The van der Waals surface area contributed by atoms with Gasteiger partial charge in [0, 0.05) is 24.8 Å². The molecule has 0 radical (unpaired) electrons. The average molecular weight is 354 g/mol. The third-order valence-corrected chi connectivity index (χ3v) is 4.99. The highest BCUT2D eigenvalue weighted by Crippen LogP contribution is 2.28. The van der Waals surface area contributed by atoms with Crippen LogP contribution in [0, 0.1) is 19.8 Å². The number of hydrogen-bond acceptors (Lipinski definition) is 5. The Bertz CT molecular complexity index is 798. The minimum atomic E-state index is -0.697. The van der Waals surface area contributed by atoms with E-state index in [9.17, 15) is 4.79 Å². The van der Waals surface area contributed by atoms with Gasteiger partial charge >= 0.3 is 5.97 Å². The molecule has 0 amide bonds. The number of carbonyl (C=O) groups is 1. The molecule has 2 N–H and O–H groups in total. The van der Waals surface area contributed by atoms with Crippen molar-refractivity contribution in [1.29, 1.82) is 0 Å². The first-order valence-corrected chi connectivity index (χ1v) is 9.17. The number of piperidine rings is 1. The van der Waals surface area contributed by atoms with Gasteiger partial charge in [-0.25, -0.2) is 9.97 Å². The van der Waals surface area contributed by atoms with Gasteiger partial charge in [-0.15, -0.1) is 0 Å². The van der Waals surface area contributed by atoms with Crippen molar-refractivity contribution in [2.24, 2.45) is 5.92 Å². The van der Waals surface area contributed by atoms with Gasteiger partial charge in [0.05, 0.1) is 5.92 Å². The fraction of sp³-hybridized carbons (Fsp3) is 0.450. The van der Waals surface area contributed by atoms with Crippen LogP contribution in [0.5, 0.6) is 0 Å². The number of rotatable bonds is 5. The van der Waals surface area contributed by atoms with Crippen LogP contribution < -0.4 is 10.2 Å². The number of hydrogen-bond donors (Lipinski definition) is 2. The van der Waals surface area contributed by atoms with Crippen molar-refractivity contribution < 1.29 is 9.90 Å². The lowest BCUT2D eigenvalue weighted by Crippen LogP contribution is -2.36. The number of aliphatic carboxylic acids is 1. The van der Waals surface area contributed by atoms with E-state index < -0.39 is 5.97 Å². The lowest BCUT2D eigenvalue weighted by molar-refractivity contribution is -0.142. The predicted octanol–water partition coefficient (Wildman–Crippen LogP) is 3.70. The molecule has 138 valence electrons. The van der Waals surface area contributed by atoms with Gasteiger partial charge < -0.3 is 15.3 Å². The third kappa shape index (κ3) is 3.95. The molecule has 0 atom stereocenters. The van der Waals surface area contributed by atoms with Gasteiger partial charge in [0.15, 0.2) is 0 Å². The number of carboxylic acid groups (broad SMARTS) is 1. The van der Waals surface area contributed by atoms with Crippen LogP contribution in [0.4, 0.5) is 17.3 Å². The SMILES string of the molecule is CCc1cccc(C)c1Nc1cc(N2CCC(C(=O)O)CC2)nc(C)n1. The second kappa shape index (κ2) is 7.72. The fourth-order valence-electron chi connectivity index (χ4n) is 3.46. The molecular weight excluding hydrogens is 328 g/mol. The van der Waals surface area contributed by atoms with Crippen molar-refractivity contribution in [3.63, 3.8) is 0 Å². The predicted molar refractivity (Wildman–Crippen MR) is 103 cm³/mol. The van der Waals surface area contributed by atoms with Gasteiger partial charge in [-0.2, -0.15) is 0 Å². The first-order chi connectivity index (χ1) is 12.5. The molecule has 0 bridgehead atoms. The molecule has 0 saturated carbocycles. The molecule has 1 aliphatic heterocycles. The van der Waals surface area contributed by atoms with Crippen LogP contribution in [0.2, 0.25) is 0 Å².